The summed E-state index contributed by atoms with van der Waals surface area (Å²) >= 11 is 0. The highest BCUT2D eigenvalue weighted by Gasteiger charge is 2.22. The van der Waals surface area contributed by atoms with Crippen LogP contribution in [-0.2, 0) is 4.79 Å². The minimum Gasteiger partial charge on any atom is -0.410 e. The zero-order valence-corrected chi connectivity index (χ0v) is 11.7. The molecule has 1 aliphatic heterocycles. The van der Waals surface area contributed by atoms with Crippen LogP contribution >= 0.6 is 0 Å². The quantitative estimate of drug-likeness (QED) is 0.831. The van der Waals surface area contributed by atoms with E-state index in [4.69, 9.17) is 4.74 Å². The second-order valence-corrected chi connectivity index (χ2v) is 4.76. The lowest BCUT2D eigenvalue weighted by Gasteiger charge is -2.21. The van der Waals surface area contributed by atoms with Crippen molar-refractivity contribution in [3.05, 3.63) is 30.3 Å². The average Bonchev–Trinajstić information content (AvgIpc) is 2.73. The molecule has 1 aromatic rings. The van der Waals surface area contributed by atoms with Crippen molar-refractivity contribution in [2.75, 3.05) is 26.2 Å². The van der Waals surface area contributed by atoms with Crippen LogP contribution in [-0.4, -0.2) is 48.0 Å². The van der Waals surface area contributed by atoms with E-state index in [-0.39, 0.29) is 12.0 Å². The molecule has 0 radical (unpaired) electrons. The van der Waals surface area contributed by atoms with Gasteiger partial charge in [0.2, 0.25) is 5.91 Å². The van der Waals surface area contributed by atoms with Crippen LogP contribution in [0.1, 0.15) is 19.8 Å². The molecule has 0 bridgehead atoms. The van der Waals surface area contributed by atoms with Crippen LogP contribution in [0.15, 0.2) is 30.3 Å². The molecule has 0 spiro atoms. The van der Waals surface area contributed by atoms with Crippen LogP contribution in [0.2, 0.25) is 0 Å². The molecule has 108 valence electrons. The molecule has 1 aromatic carbocycles. The number of ether oxygens (including phenoxy) is 1. The summed E-state index contributed by atoms with van der Waals surface area (Å²) in [5, 5.41) is 0. The first-order valence-electron chi connectivity index (χ1n) is 7.00. The van der Waals surface area contributed by atoms with E-state index < -0.39 is 0 Å². The highest BCUT2D eigenvalue weighted by Crippen LogP contribution is 2.12. The number of nitrogens with zero attached hydrogens (tertiary/aromatic N) is 2. The van der Waals surface area contributed by atoms with Gasteiger partial charge in [0, 0.05) is 32.6 Å². The number of carbonyl (C=O) groups is 2. The van der Waals surface area contributed by atoms with Gasteiger partial charge in [0.15, 0.2) is 0 Å². The van der Waals surface area contributed by atoms with Gasteiger partial charge in [-0.2, -0.15) is 0 Å². The smallest absolute Gasteiger partial charge is 0.410 e. The number of hydrogen-bond acceptors (Lipinski definition) is 3. The van der Waals surface area contributed by atoms with E-state index in [1.165, 1.54) is 0 Å². The summed E-state index contributed by atoms with van der Waals surface area (Å²) in [4.78, 5) is 27.2. The van der Waals surface area contributed by atoms with Crippen LogP contribution in [0.3, 0.4) is 0 Å². The maximum Gasteiger partial charge on any atom is 0.415 e. The molecule has 1 heterocycles. The van der Waals surface area contributed by atoms with E-state index in [0.29, 0.717) is 38.3 Å². The summed E-state index contributed by atoms with van der Waals surface area (Å²) in [7, 11) is 0. The molecule has 0 aromatic heterocycles. The SMILES string of the molecule is CCC(=O)N1CCCN(C(=O)Oc2ccccc2)CC1. The topological polar surface area (TPSA) is 49.9 Å². The number of carbonyl (C=O) groups excluding carboxylic acids is 2. The molecule has 0 aliphatic carbocycles. The van der Waals surface area contributed by atoms with Crippen LogP contribution in [0.25, 0.3) is 0 Å². The fraction of sp³-hybridized carbons (Fsp3) is 0.467. The summed E-state index contributed by atoms with van der Waals surface area (Å²) in [6.45, 7) is 4.30. The zero-order valence-electron chi connectivity index (χ0n) is 11.7. The standard InChI is InChI=1S/C15H20N2O3/c1-2-14(18)16-9-6-10-17(12-11-16)15(19)20-13-7-4-3-5-8-13/h3-5,7-8H,2,6,9-12H2,1H3. The maximum absolute atomic E-state index is 12.1. The van der Waals surface area contributed by atoms with Crippen molar-refractivity contribution < 1.29 is 14.3 Å². The van der Waals surface area contributed by atoms with Gasteiger partial charge >= 0.3 is 6.09 Å². The molecule has 0 N–H and O–H groups in total. The maximum atomic E-state index is 12.1. The van der Waals surface area contributed by atoms with Crippen molar-refractivity contribution in [2.24, 2.45) is 0 Å². The van der Waals surface area contributed by atoms with Gasteiger partial charge in [0.25, 0.3) is 0 Å². The Morgan fingerprint density at radius 1 is 1.05 bits per heavy atom. The van der Waals surface area contributed by atoms with E-state index in [1.54, 1.807) is 17.0 Å². The largest absolute Gasteiger partial charge is 0.415 e. The molecular weight excluding hydrogens is 256 g/mol. The molecule has 2 amide bonds. The predicted octanol–water partition coefficient (Wildman–Crippen LogP) is 2.13. The molecule has 0 saturated carbocycles. The third kappa shape index (κ3) is 3.73. The molecule has 1 aliphatic rings. The Kier molecular flexibility index (Phi) is 4.98. The Hall–Kier alpha value is -2.04. The minimum absolute atomic E-state index is 0.142. The molecule has 0 atom stereocenters. The highest BCUT2D eigenvalue weighted by atomic mass is 16.6. The van der Waals surface area contributed by atoms with Crippen molar-refractivity contribution in [3.8, 4) is 5.75 Å². The first-order valence-corrected chi connectivity index (χ1v) is 7.00. The number of benzene rings is 1. The molecule has 0 unspecified atom stereocenters. The normalized spacial score (nSPS) is 15.7. The fourth-order valence-corrected chi connectivity index (χ4v) is 2.23. The van der Waals surface area contributed by atoms with Crippen LogP contribution in [0.5, 0.6) is 5.75 Å². The van der Waals surface area contributed by atoms with E-state index in [9.17, 15) is 9.59 Å². The Labute approximate surface area is 119 Å². The number of hydrogen-bond donors (Lipinski definition) is 0. The number of amides is 2. The third-order valence-electron chi connectivity index (χ3n) is 3.36. The second-order valence-electron chi connectivity index (χ2n) is 4.76. The Morgan fingerprint density at radius 3 is 2.40 bits per heavy atom. The molecule has 2 rings (SSSR count). The van der Waals surface area contributed by atoms with Gasteiger partial charge in [-0.25, -0.2) is 4.79 Å². The van der Waals surface area contributed by atoms with Gasteiger partial charge in [0.05, 0.1) is 0 Å². The van der Waals surface area contributed by atoms with E-state index in [2.05, 4.69) is 0 Å². The third-order valence-corrected chi connectivity index (χ3v) is 3.36. The van der Waals surface area contributed by atoms with Crippen LogP contribution in [0.4, 0.5) is 4.79 Å². The van der Waals surface area contributed by atoms with E-state index in [1.807, 2.05) is 30.0 Å². The van der Waals surface area contributed by atoms with Crippen molar-refractivity contribution in [3.63, 3.8) is 0 Å². The van der Waals surface area contributed by atoms with Gasteiger partial charge in [0.1, 0.15) is 5.75 Å². The molecular formula is C15H20N2O3. The number of rotatable bonds is 2. The molecule has 1 saturated heterocycles. The average molecular weight is 276 g/mol. The van der Waals surface area contributed by atoms with Gasteiger partial charge in [-0.05, 0) is 18.6 Å². The van der Waals surface area contributed by atoms with E-state index in [0.717, 1.165) is 6.42 Å². The second kappa shape index (κ2) is 6.93. The monoisotopic (exact) mass is 276 g/mol. The summed E-state index contributed by atoms with van der Waals surface area (Å²) < 4.78 is 5.31. The van der Waals surface area contributed by atoms with Crippen molar-refractivity contribution in [1.82, 2.24) is 9.80 Å². The molecule has 5 heteroatoms. The van der Waals surface area contributed by atoms with Crippen LogP contribution in [0, 0.1) is 0 Å². The summed E-state index contributed by atoms with van der Waals surface area (Å²) in [6, 6.07) is 9.03. The van der Waals surface area contributed by atoms with Gasteiger partial charge in [-0.3, -0.25) is 4.79 Å². The Bertz CT molecular complexity index is 461. The molecule has 1 fully saturated rings. The fourth-order valence-electron chi connectivity index (χ4n) is 2.23. The van der Waals surface area contributed by atoms with Crippen LogP contribution < -0.4 is 4.74 Å². The Morgan fingerprint density at radius 2 is 1.70 bits per heavy atom. The summed E-state index contributed by atoms with van der Waals surface area (Å²) in [5.74, 6) is 0.687. The zero-order chi connectivity index (χ0) is 14.4. The first kappa shape index (κ1) is 14.4. The Balaban J connectivity index is 1.90. The lowest BCUT2D eigenvalue weighted by Crippen LogP contribution is -2.38. The van der Waals surface area contributed by atoms with Gasteiger partial charge in [-0.15, -0.1) is 0 Å². The lowest BCUT2D eigenvalue weighted by atomic mass is 10.3. The lowest BCUT2D eigenvalue weighted by molar-refractivity contribution is -0.130. The van der Waals surface area contributed by atoms with Crippen molar-refractivity contribution >= 4 is 12.0 Å². The van der Waals surface area contributed by atoms with Gasteiger partial charge < -0.3 is 14.5 Å². The summed E-state index contributed by atoms with van der Waals surface area (Å²) in [5.41, 5.74) is 0. The highest BCUT2D eigenvalue weighted by molar-refractivity contribution is 5.76. The van der Waals surface area contributed by atoms with Crippen molar-refractivity contribution in [2.45, 2.75) is 19.8 Å². The number of para-hydroxylation sites is 1. The van der Waals surface area contributed by atoms with Crippen molar-refractivity contribution in [1.29, 1.82) is 0 Å². The minimum atomic E-state index is -0.345. The van der Waals surface area contributed by atoms with E-state index >= 15 is 0 Å². The molecule has 20 heavy (non-hydrogen) atoms. The summed E-state index contributed by atoms with van der Waals surface area (Å²) in [6.07, 6.45) is 0.950. The van der Waals surface area contributed by atoms with Gasteiger partial charge in [-0.1, -0.05) is 25.1 Å². The molecule has 5 nitrogen and oxygen atoms in total. The predicted molar refractivity (Wildman–Crippen MR) is 75.5 cm³/mol. The first-order chi connectivity index (χ1) is 9.70.